The fourth-order valence-electron chi connectivity index (χ4n) is 1.41. The molecule has 0 aromatic rings. The Labute approximate surface area is 79.1 Å². The van der Waals surface area contributed by atoms with Crippen molar-refractivity contribution in [1.82, 2.24) is 0 Å². The van der Waals surface area contributed by atoms with Gasteiger partial charge in [0.2, 0.25) is 6.04 Å². The van der Waals surface area contributed by atoms with E-state index in [4.69, 9.17) is 0 Å². The van der Waals surface area contributed by atoms with Gasteiger partial charge in [0.05, 0.1) is 0 Å². The Morgan fingerprint density at radius 3 is 2.31 bits per heavy atom. The highest BCUT2D eigenvalue weighted by Crippen LogP contribution is 2.14. The van der Waals surface area contributed by atoms with Gasteiger partial charge in [-0.3, -0.25) is 10.1 Å². The van der Waals surface area contributed by atoms with E-state index in [0.717, 1.165) is 12.8 Å². The highest BCUT2D eigenvalue weighted by molar-refractivity contribution is 4.71. The van der Waals surface area contributed by atoms with Crippen molar-refractivity contribution in [3.05, 3.63) is 10.1 Å². The fraction of sp³-hybridized carbons (Fsp3) is 1.00. The third-order valence-corrected chi connectivity index (χ3v) is 2.17. The van der Waals surface area contributed by atoms with Gasteiger partial charge in [0.25, 0.3) is 0 Å². The number of unbranched alkanes of at least 4 members (excludes halogenated alkanes) is 1. The number of aliphatic hydroxyl groups excluding tert-OH is 1. The standard InChI is InChI=1S/C9H19NO3/c1-4-5-6-8(11)9(7(2)3)10(12)13/h7-9,11H,4-6H2,1-3H3/t8-,9+/m1/s1. The molecule has 13 heavy (non-hydrogen) atoms. The van der Waals surface area contributed by atoms with Gasteiger partial charge in [-0.1, -0.05) is 33.6 Å². The minimum atomic E-state index is -0.813. The van der Waals surface area contributed by atoms with Crippen LogP contribution >= 0.6 is 0 Å². The molecule has 0 aromatic carbocycles. The van der Waals surface area contributed by atoms with Crippen molar-refractivity contribution in [2.24, 2.45) is 5.92 Å². The second kappa shape index (κ2) is 5.91. The molecular formula is C9H19NO3. The molecule has 0 radical (unpaired) electrons. The zero-order valence-electron chi connectivity index (χ0n) is 8.56. The molecule has 0 aromatic heterocycles. The van der Waals surface area contributed by atoms with E-state index < -0.39 is 12.1 Å². The molecule has 0 spiro atoms. The van der Waals surface area contributed by atoms with Gasteiger partial charge in [0.1, 0.15) is 6.10 Å². The third kappa shape index (κ3) is 4.22. The molecule has 0 bridgehead atoms. The van der Waals surface area contributed by atoms with Crippen molar-refractivity contribution in [2.75, 3.05) is 0 Å². The van der Waals surface area contributed by atoms with Crippen molar-refractivity contribution >= 4 is 0 Å². The van der Waals surface area contributed by atoms with Crippen LogP contribution in [-0.2, 0) is 0 Å². The lowest BCUT2D eigenvalue weighted by atomic mass is 9.96. The lowest BCUT2D eigenvalue weighted by Gasteiger charge is -2.18. The molecule has 4 nitrogen and oxygen atoms in total. The summed E-state index contributed by atoms with van der Waals surface area (Å²) in [6, 6.07) is -0.813. The van der Waals surface area contributed by atoms with E-state index in [9.17, 15) is 15.2 Å². The summed E-state index contributed by atoms with van der Waals surface area (Å²) in [5.74, 6) is -0.109. The van der Waals surface area contributed by atoms with Crippen LogP contribution in [-0.4, -0.2) is 22.2 Å². The molecule has 1 N–H and O–H groups in total. The van der Waals surface area contributed by atoms with Gasteiger partial charge in [-0.05, 0) is 6.42 Å². The summed E-state index contributed by atoms with van der Waals surface area (Å²) in [4.78, 5) is 10.2. The van der Waals surface area contributed by atoms with Gasteiger partial charge >= 0.3 is 0 Å². The van der Waals surface area contributed by atoms with Gasteiger partial charge in [-0.25, -0.2) is 0 Å². The summed E-state index contributed by atoms with van der Waals surface area (Å²) >= 11 is 0. The van der Waals surface area contributed by atoms with E-state index in [1.54, 1.807) is 13.8 Å². The molecule has 0 aliphatic carbocycles. The Hall–Kier alpha value is -0.640. The Kier molecular flexibility index (Phi) is 5.62. The van der Waals surface area contributed by atoms with Gasteiger partial charge < -0.3 is 5.11 Å². The summed E-state index contributed by atoms with van der Waals surface area (Å²) < 4.78 is 0. The third-order valence-electron chi connectivity index (χ3n) is 2.17. The van der Waals surface area contributed by atoms with Crippen molar-refractivity contribution < 1.29 is 10.0 Å². The predicted octanol–water partition coefficient (Wildman–Crippen LogP) is 1.84. The quantitative estimate of drug-likeness (QED) is 0.512. The van der Waals surface area contributed by atoms with Gasteiger partial charge in [-0.15, -0.1) is 0 Å². The number of rotatable bonds is 6. The number of hydrogen-bond donors (Lipinski definition) is 1. The van der Waals surface area contributed by atoms with Crippen LogP contribution in [0.5, 0.6) is 0 Å². The molecule has 2 atom stereocenters. The Morgan fingerprint density at radius 2 is 2.00 bits per heavy atom. The second-order valence-corrected chi connectivity index (χ2v) is 3.73. The number of aliphatic hydroxyl groups is 1. The molecule has 0 amide bonds. The largest absolute Gasteiger partial charge is 0.386 e. The number of nitrogens with zero attached hydrogens (tertiary/aromatic N) is 1. The summed E-state index contributed by atoms with van der Waals surface area (Å²) in [6.45, 7) is 5.54. The molecule has 0 saturated carbocycles. The van der Waals surface area contributed by atoms with E-state index in [2.05, 4.69) is 0 Å². The molecule has 0 unspecified atom stereocenters. The SMILES string of the molecule is CCCC[C@@H](O)[C@H](C(C)C)[N+](=O)[O-]. The lowest BCUT2D eigenvalue weighted by Crippen LogP contribution is -2.38. The zero-order valence-corrected chi connectivity index (χ0v) is 8.56. The molecule has 0 heterocycles. The Balaban J connectivity index is 4.12. The van der Waals surface area contributed by atoms with Crippen LogP contribution in [0.1, 0.15) is 40.0 Å². The highest BCUT2D eigenvalue weighted by atomic mass is 16.6. The van der Waals surface area contributed by atoms with E-state index in [-0.39, 0.29) is 10.8 Å². The van der Waals surface area contributed by atoms with Crippen molar-refractivity contribution in [1.29, 1.82) is 0 Å². The number of nitro groups is 1. The Morgan fingerprint density at radius 1 is 1.46 bits per heavy atom. The fourth-order valence-corrected chi connectivity index (χ4v) is 1.41. The molecular weight excluding hydrogens is 170 g/mol. The van der Waals surface area contributed by atoms with Gasteiger partial charge in [0, 0.05) is 10.8 Å². The first-order chi connectivity index (χ1) is 6.00. The molecule has 0 fully saturated rings. The summed E-state index contributed by atoms with van der Waals surface area (Å²) in [6.07, 6.45) is 1.54. The maximum atomic E-state index is 10.6. The van der Waals surface area contributed by atoms with Crippen LogP contribution in [0.2, 0.25) is 0 Å². The maximum absolute atomic E-state index is 10.6. The first-order valence-electron chi connectivity index (χ1n) is 4.82. The van der Waals surface area contributed by atoms with E-state index in [0.29, 0.717) is 6.42 Å². The van der Waals surface area contributed by atoms with E-state index in [1.807, 2.05) is 6.92 Å². The van der Waals surface area contributed by atoms with E-state index in [1.165, 1.54) is 0 Å². The maximum Gasteiger partial charge on any atom is 0.240 e. The minimum absolute atomic E-state index is 0.109. The molecule has 0 saturated heterocycles. The topological polar surface area (TPSA) is 63.4 Å². The average molecular weight is 189 g/mol. The van der Waals surface area contributed by atoms with Gasteiger partial charge in [-0.2, -0.15) is 0 Å². The van der Waals surface area contributed by atoms with Crippen LogP contribution in [0, 0.1) is 16.0 Å². The molecule has 0 aliphatic rings. The molecule has 0 rings (SSSR count). The predicted molar refractivity (Wildman–Crippen MR) is 51.2 cm³/mol. The smallest absolute Gasteiger partial charge is 0.240 e. The van der Waals surface area contributed by atoms with Crippen LogP contribution in [0.3, 0.4) is 0 Å². The van der Waals surface area contributed by atoms with Crippen LogP contribution in [0.4, 0.5) is 0 Å². The summed E-state index contributed by atoms with van der Waals surface area (Å²) in [5, 5.41) is 20.1. The van der Waals surface area contributed by atoms with Crippen LogP contribution < -0.4 is 0 Å². The average Bonchev–Trinajstić information content (AvgIpc) is 1.99. The van der Waals surface area contributed by atoms with E-state index >= 15 is 0 Å². The van der Waals surface area contributed by atoms with Crippen molar-refractivity contribution in [3.8, 4) is 0 Å². The van der Waals surface area contributed by atoms with Crippen LogP contribution in [0.25, 0.3) is 0 Å². The summed E-state index contributed by atoms with van der Waals surface area (Å²) in [5.41, 5.74) is 0. The number of hydrogen-bond acceptors (Lipinski definition) is 3. The second-order valence-electron chi connectivity index (χ2n) is 3.73. The zero-order chi connectivity index (χ0) is 10.4. The highest BCUT2D eigenvalue weighted by Gasteiger charge is 2.32. The van der Waals surface area contributed by atoms with Crippen molar-refractivity contribution in [3.63, 3.8) is 0 Å². The lowest BCUT2D eigenvalue weighted by molar-refractivity contribution is -0.542. The Bertz CT molecular complexity index is 159. The van der Waals surface area contributed by atoms with Gasteiger partial charge in [0.15, 0.2) is 0 Å². The first-order valence-corrected chi connectivity index (χ1v) is 4.82. The molecule has 78 valence electrons. The molecule has 4 heteroatoms. The minimum Gasteiger partial charge on any atom is -0.386 e. The molecule has 0 aliphatic heterocycles. The monoisotopic (exact) mass is 189 g/mol. The summed E-state index contributed by atoms with van der Waals surface area (Å²) in [7, 11) is 0. The first kappa shape index (κ1) is 12.4. The van der Waals surface area contributed by atoms with Crippen molar-refractivity contribution in [2.45, 2.75) is 52.2 Å². The normalized spacial score (nSPS) is 15.8. The van der Waals surface area contributed by atoms with Crippen LogP contribution in [0.15, 0.2) is 0 Å².